The number of hydrogen-bond donors (Lipinski definition) is 0. The Labute approximate surface area is 118 Å². The van der Waals surface area contributed by atoms with Gasteiger partial charge in [-0.05, 0) is 7.05 Å². The largest absolute Gasteiger partial charge is 0.359 e. The normalized spacial score (nSPS) is 10.8. The Balaban J connectivity index is 1.98. The van der Waals surface area contributed by atoms with Crippen LogP contribution >= 0.6 is 0 Å². The molecular formula is C15H19N3O2. The van der Waals surface area contributed by atoms with Gasteiger partial charge in [-0.3, -0.25) is 9.69 Å². The lowest BCUT2D eigenvalue weighted by Crippen LogP contribution is -2.33. The molecule has 106 valence electrons. The van der Waals surface area contributed by atoms with Crippen molar-refractivity contribution in [1.82, 2.24) is 15.0 Å². The number of aromatic nitrogens is 1. The van der Waals surface area contributed by atoms with Gasteiger partial charge < -0.3 is 9.42 Å². The summed E-state index contributed by atoms with van der Waals surface area (Å²) >= 11 is 0. The zero-order chi connectivity index (χ0) is 14.5. The van der Waals surface area contributed by atoms with Crippen LogP contribution in [0, 0.1) is 0 Å². The van der Waals surface area contributed by atoms with E-state index >= 15 is 0 Å². The molecule has 2 aromatic rings. The summed E-state index contributed by atoms with van der Waals surface area (Å²) in [5.74, 6) is 0.813. The van der Waals surface area contributed by atoms with Gasteiger partial charge in [-0.1, -0.05) is 35.5 Å². The maximum absolute atomic E-state index is 11.6. The molecule has 5 heteroatoms. The van der Waals surface area contributed by atoms with Crippen molar-refractivity contribution in [2.75, 3.05) is 27.7 Å². The van der Waals surface area contributed by atoms with Crippen molar-refractivity contribution in [2.45, 2.75) is 6.54 Å². The third kappa shape index (κ3) is 3.68. The fourth-order valence-corrected chi connectivity index (χ4v) is 1.83. The van der Waals surface area contributed by atoms with Crippen LogP contribution in [0.15, 0.2) is 40.9 Å². The van der Waals surface area contributed by atoms with Crippen molar-refractivity contribution in [3.63, 3.8) is 0 Å². The van der Waals surface area contributed by atoms with E-state index in [1.807, 2.05) is 48.3 Å². The van der Waals surface area contributed by atoms with Crippen LogP contribution in [-0.2, 0) is 11.3 Å². The van der Waals surface area contributed by atoms with Crippen LogP contribution in [0.4, 0.5) is 0 Å². The summed E-state index contributed by atoms with van der Waals surface area (Å²) < 4.78 is 5.32. The van der Waals surface area contributed by atoms with Crippen molar-refractivity contribution in [2.24, 2.45) is 0 Å². The number of carbonyl (C=O) groups is 1. The molecule has 0 radical (unpaired) electrons. The average molecular weight is 273 g/mol. The number of rotatable bonds is 5. The Kier molecular flexibility index (Phi) is 4.53. The van der Waals surface area contributed by atoms with Crippen molar-refractivity contribution in [3.8, 4) is 11.3 Å². The standard InChI is InChI=1S/C15H19N3O2/c1-17(2)15(19)11-18(3)10-13-9-14(16-20-13)12-7-5-4-6-8-12/h4-9H,10-11H2,1-3H3. The quantitative estimate of drug-likeness (QED) is 0.834. The van der Waals surface area contributed by atoms with Gasteiger partial charge in [0, 0.05) is 25.7 Å². The molecule has 0 saturated carbocycles. The van der Waals surface area contributed by atoms with E-state index in [4.69, 9.17) is 4.52 Å². The topological polar surface area (TPSA) is 49.6 Å². The number of carbonyl (C=O) groups excluding carboxylic acids is 1. The Bertz CT molecular complexity index is 564. The fourth-order valence-electron chi connectivity index (χ4n) is 1.83. The van der Waals surface area contributed by atoms with E-state index in [2.05, 4.69) is 5.16 Å². The number of benzene rings is 1. The van der Waals surface area contributed by atoms with Crippen molar-refractivity contribution in [1.29, 1.82) is 0 Å². The molecule has 1 heterocycles. The molecule has 2 rings (SSSR count). The van der Waals surface area contributed by atoms with Gasteiger partial charge in [-0.15, -0.1) is 0 Å². The molecule has 0 atom stereocenters. The van der Waals surface area contributed by atoms with Crippen molar-refractivity contribution in [3.05, 3.63) is 42.2 Å². The first kappa shape index (κ1) is 14.3. The Morgan fingerprint density at radius 2 is 1.90 bits per heavy atom. The Morgan fingerprint density at radius 1 is 1.20 bits per heavy atom. The maximum Gasteiger partial charge on any atom is 0.236 e. The van der Waals surface area contributed by atoms with Gasteiger partial charge in [0.1, 0.15) is 5.69 Å². The molecular weight excluding hydrogens is 254 g/mol. The summed E-state index contributed by atoms with van der Waals surface area (Å²) in [6.45, 7) is 0.910. The van der Waals surface area contributed by atoms with Gasteiger partial charge in [0.25, 0.3) is 0 Å². The molecule has 0 N–H and O–H groups in total. The highest BCUT2D eigenvalue weighted by Gasteiger charge is 2.12. The summed E-state index contributed by atoms with van der Waals surface area (Å²) in [5.41, 5.74) is 1.84. The van der Waals surface area contributed by atoms with Crippen LogP contribution in [0.1, 0.15) is 5.76 Å². The summed E-state index contributed by atoms with van der Waals surface area (Å²) in [7, 11) is 5.38. The first-order chi connectivity index (χ1) is 9.56. The molecule has 0 aliphatic carbocycles. The van der Waals surface area contributed by atoms with E-state index in [1.165, 1.54) is 0 Å². The van der Waals surface area contributed by atoms with E-state index in [0.29, 0.717) is 13.1 Å². The predicted octanol–water partition coefficient (Wildman–Crippen LogP) is 1.86. The molecule has 0 spiro atoms. The van der Waals surface area contributed by atoms with Crippen LogP contribution in [0.3, 0.4) is 0 Å². The van der Waals surface area contributed by atoms with Gasteiger partial charge in [-0.25, -0.2) is 0 Å². The highest BCUT2D eigenvalue weighted by molar-refractivity contribution is 5.77. The monoisotopic (exact) mass is 273 g/mol. The Morgan fingerprint density at radius 3 is 2.55 bits per heavy atom. The summed E-state index contributed by atoms with van der Waals surface area (Å²) in [6.07, 6.45) is 0. The molecule has 0 aliphatic heterocycles. The molecule has 0 fully saturated rings. The van der Waals surface area contributed by atoms with Gasteiger partial charge in [0.15, 0.2) is 5.76 Å². The highest BCUT2D eigenvalue weighted by atomic mass is 16.5. The van der Waals surface area contributed by atoms with Crippen LogP contribution in [-0.4, -0.2) is 48.6 Å². The third-order valence-corrected chi connectivity index (χ3v) is 2.96. The lowest BCUT2D eigenvalue weighted by atomic mass is 10.1. The first-order valence-electron chi connectivity index (χ1n) is 6.46. The predicted molar refractivity (Wildman–Crippen MR) is 77.0 cm³/mol. The van der Waals surface area contributed by atoms with Crippen LogP contribution in [0.2, 0.25) is 0 Å². The molecule has 0 bridgehead atoms. The second-order valence-electron chi connectivity index (χ2n) is 5.00. The lowest BCUT2D eigenvalue weighted by Gasteiger charge is -2.17. The highest BCUT2D eigenvalue weighted by Crippen LogP contribution is 2.19. The average Bonchev–Trinajstić information content (AvgIpc) is 2.88. The molecule has 0 aliphatic rings. The summed E-state index contributed by atoms with van der Waals surface area (Å²) in [6, 6.07) is 11.8. The minimum absolute atomic E-state index is 0.0651. The summed E-state index contributed by atoms with van der Waals surface area (Å²) in [4.78, 5) is 15.1. The van der Waals surface area contributed by atoms with E-state index in [0.717, 1.165) is 17.0 Å². The van der Waals surface area contributed by atoms with Gasteiger partial charge in [0.2, 0.25) is 5.91 Å². The SMILES string of the molecule is CN(CC(=O)N(C)C)Cc1cc(-c2ccccc2)no1. The second-order valence-corrected chi connectivity index (χ2v) is 5.00. The first-order valence-corrected chi connectivity index (χ1v) is 6.46. The van der Waals surface area contributed by atoms with Crippen LogP contribution in [0.25, 0.3) is 11.3 Å². The molecule has 0 unspecified atom stereocenters. The van der Waals surface area contributed by atoms with Crippen molar-refractivity contribution >= 4 is 5.91 Å². The van der Waals surface area contributed by atoms with Crippen LogP contribution < -0.4 is 0 Å². The zero-order valence-electron chi connectivity index (χ0n) is 12.0. The molecule has 1 amide bonds. The van der Waals surface area contributed by atoms with Crippen molar-refractivity contribution < 1.29 is 9.32 Å². The molecule has 1 aromatic heterocycles. The maximum atomic E-state index is 11.6. The fraction of sp³-hybridized carbons (Fsp3) is 0.333. The minimum Gasteiger partial charge on any atom is -0.359 e. The van der Waals surface area contributed by atoms with Gasteiger partial charge in [-0.2, -0.15) is 0 Å². The smallest absolute Gasteiger partial charge is 0.236 e. The van der Waals surface area contributed by atoms with E-state index in [1.54, 1.807) is 19.0 Å². The van der Waals surface area contributed by atoms with E-state index < -0.39 is 0 Å². The zero-order valence-corrected chi connectivity index (χ0v) is 12.0. The Hall–Kier alpha value is -2.14. The molecule has 5 nitrogen and oxygen atoms in total. The van der Waals surface area contributed by atoms with E-state index in [-0.39, 0.29) is 5.91 Å². The number of nitrogens with zero attached hydrogens (tertiary/aromatic N) is 3. The number of amides is 1. The van der Waals surface area contributed by atoms with Gasteiger partial charge >= 0.3 is 0 Å². The summed E-state index contributed by atoms with van der Waals surface area (Å²) in [5, 5.41) is 4.06. The van der Waals surface area contributed by atoms with Crippen LogP contribution in [0.5, 0.6) is 0 Å². The number of hydrogen-bond acceptors (Lipinski definition) is 4. The van der Waals surface area contributed by atoms with Gasteiger partial charge in [0.05, 0.1) is 13.1 Å². The molecule has 0 saturated heterocycles. The second kappa shape index (κ2) is 6.34. The molecule has 1 aromatic carbocycles. The third-order valence-electron chi connectivity index (χ3n) is 2.96. The van der Waals surface area contributed by atoms with E-state index in [9.17, 15) is 4.79 Å². The molecule has 20 heavy (non-hydrogen) atoms. The lowest BCUT2D eigenvalue weighted by molar-refractivity contribution is -0.129. The minimum atomic E-state index is 0.0651. The number of likely N-dealkylation sites (N-methyl/N-ethyl adjacent to an activating group) is 2.